The quantitative estimate of drug-likeness (QED) is 0.862. The average molecular weight is 285 g/mol. The van der Waals surface area contributed by atoms with E-state index in [0.29, 0.717) is 5.16 Å². The molecule has 0 aliphatic rings. The SMILES string of the molecule is CC(C)(C)Cc1nnc(SCC(=O)O)n1C(C)(C)C. The molecule has 0 unspecified atom stereocenters. The van der Waals surface area contributed by atoms with E-state index in [1.54, 1.807) is 0 Å². The molecule has 0 atom stereocenters. The zero-order valence-corrected chi connectivity index (χ0v) is 13.3. The van der Waals surface area contributed by atoms with E-state index in [9.17, 15) is 4.79 Å². The highest BCUT2D eigenvalue weighted by molar-refractivity contribution is 7.99. The molecule has 108 valence electrons. The fourth-order valence-corrected chi connectivity index (χ4v) is 2.64. The number of carboxylic acid groups (broad SMARTS) is 1. The summed E-state index contributed by atoms with van der Waals surface area (Å²) in [5, 5.41) is 17.9. The third kappa shape index (κ3) is 4.86. The van der Waals surface area contributed by atoms with E-state index in [4.69, 9.17) is 5.11 Å². The first-order chi connectivity index (χ1) is 8.50. The molecular weight excluding hydrogens is 262 g/mol. The second-order valence-corrected chi connectivity index (χ2v) is 7.77. The highest BCUT2D eigenvalue weighted by Gasteiger charge is 2.26. The van der Waals surface area contributed by atoms with E-state index in [-0.39, 0.29) is 16.7 Å². The van der Waals surface area contributed by atoms with Gasteiger partial charge in [0, 0.05) is 12.0 Å². The summed E-state index contributed by atoms with van der Waals surface area (Å²) in [6.45, 7) is 12.7. The standard InChI is InChI=1S/C13H23N3O2S/c1-12(2,3)7-9-14-15-11(19-8-10(17)18)16(9)13(4,5)6/h7-8H2,1-6H3,(H,17,18). The van der Waals surface area contributed by atoms with Crippen LogP contribution >= 0.6 is 11.8 Å². The monoisotopic (exact) mass is 285 g/mol. The van der Waals surface area contributed by atoms with Crippen molar-refractivity contribution in [2.75, 3.05) is 5.75 Å². The summed E-state index contributed by atoms with van der Waals surface area (Å²) in [5.41, 5.74) is -0.0459. The maximum absolute atomic E-state index is 10.7. The average Bonchev–Trinajstić information content (AvgIpc) is 2.54. The lowest BCUT2D eigenvalue weighted by atomic mass is 9.91. The van der Waals surface area contributed by atoms with Crippen LogP contribution in [-0.4, -0.2) is 31.6 Å². The van der Waals surface area contributed by atoms with Crippen LogP contribution in [0.25, 0.3) is 0 Å². The molecule has 0 aromatic carbocycles. The zero-order chi connectivity index (χ0) is 14.8. The molecule has 1 heterocycles. The van der Waals surface area contributed by atoms with E-state index in [1.165, 1.54) is 11.8 Å². The smallest absolute Gasteiger partial charge is 0.313 e. The summed E-state index contributed by atoms with van der Waals surface area (Å²) in [5.74, 6) is 0.0720. The first-order valence-electron chi connectivity index (χ1n) is 6.30. The number of carboxylic acids is 1. The number of thioether (sulfide) groups is 1. The molecule has 19 heavy (non-hydrogen) atoms. The Hall–Kier alpha value is -1.04. The highest BCUT2D eigenvalue weighted by atomic mass is 32.2. The van der Waals surface area contributed by atoms with E-state index in [0.717, 1.165) is 12.2 Å². The molecule has 0 saturated carbocycles. The van der Waals surface area contributed by atoms with Crippen LogP contribution in [0.1, 0.15) is 47.4 Å². The fourth-order valence-electron chi connectivity index (χ4n) is 1.78. The number of carbonyl (C=O) groups is 1. The lowest BCUT2D eigenvalue weighted by Crippen LogP contribution is -2.27. The predicted octanol–water partition coefficient (Wildman–Crippen LogP) is 2.80. The Kier molecular flexibility index (Phi) is 4.66. The molecule has 0 fully saturated rings. The Balaban J connectivity index is 3.09. The largest absolute Gasteiger partial charge is 0.481 e. The van der Waals surface area contributed by atoms with E-state index in [1.807, 2.05) is 4.57 Å². The van der Waals surface area contributed by atoms with Crippen molar-refractivity contribution in [3.05, 3.63) is 5.82 Å². The first-order valence-corrected chi connectivity index (χ1v) is 7.28. The second-order valence-electron chi connectivity index (χ2n) is 6.82. The fraction of sp³-hybridized carbons (Fsp3) is 0.769. The number of hydrogen-bond acceptors (Lipinski definition) is 4. The van der Waals surface area contributed by atoms with Crippen LogP contribution in [0.15, 0.2) is 5.16 Å². The molecule has 0 saturated heterocycles. The number of hydrogen-bond donors (Lipinski definition) is 1. The molecule has 0 spiro atoms. The van der Waals surface area contributed by atoms with E-state index >= 15 is 0 Å². The van der Waals surface area contributed by atoms with Crippen molar-refractivity contribution in [3.8, 4) is 0 Å². The normalized spacial score (nSPS) is 12.7. The molecule has 1 aromatic heterocycles. The summed E-state index contributed by atoms with van der Waals surface area (Å²) >= 11 is 1.22. The summed E-state index contributed by atoms with van der Waals surface area (Å²) in [6, 6.07) is 0. The molecule has 0 aliphatic carbocycles. The van der Waals surface area contributed by atoms with Crippen LogP contribution in [0.4, 0.5) is 0 Å². The van der Waals surface area contributed by atoms with Gasteiger partial charge in [-0.15, -0.1) is 10.2 Å². The van der Waals surface area contributed by atoms with Crippen molar-refractivity contribution < 1.29 is 9.90 Å². The molecular formula is C13H23N3O2S. The molecule has 0 aliphatic heterocycles. The summed E-state index contributed by atoms with van der Waals surface area (Å²) in [7, 11) is 0. The number of aromatic nitrogens is 3. The van der Waals surface area contributed by atoms with Gasteiger partial charge in [0.1, 0.15) is 5.82 Å². The van der Waals surface area contributed by atoms with Crippen molar-refractivity contribution in [1.82, 2.24) is 14.8 Å². The molecule has 1 N–H and O–H groups in total. The minimum absolute atomic E-state index is 0.00370. The summed E-state index contributed by atoms with van der Waals surface area (Å²) in [6.07, 6.45) is 0.810. The van der Waals surface area contributed by atoms with Gasteiger partial charge in [-0.25, -0.2) is 0 Å². The van der Waals surface area contributed by atoms with E-state index < -0.39 is 5.97 Å². The van der Waals surface area contributed by atoms with Gasteiger partial charge in [0.05, 0.1) is 5.75 Å². The Morgan fingerprint density at radius 1 is 1.21 bits per heavy atom. The van der Waals surface area contributed by atoms with Crippen molar-refractivity contribution in [1.29, 1.82) is 0 Å². The molecule has 0 amide bonds. The van der Waals surface area contributed by atoms with Crippen molar-refractivity contribution in [2.45, 2.75) is 58.7 Å². The topological polar surface area (TPSA) is 68.0 Å². The predicted molar refractivity (Wildman–Crippen MR) is 76.5 cm³/mol. The second kappa shape index (κ2) is 5.53. The third-order valence-electron chi connectivity index (χ3n) is 2.38. The maximum Gasteiger partial charge on any atom is 0.313 e. The first kappa shape index (κ1) is 16.0. The van der Waals surface area contributed by atoms with Gasteiger partial charge in [-0.2, -0.15) is 0 Å². The molecule has 1 aromatic rings. The lowest BCUT2D eigenvalue weighted by molar-refractivity contribution is -0.133. The van der Waals surface area contributed by atoms with Crippen molar-refractivity contribution >= 4 is 17.7 Å². The van der Waals surface area contributed by atoms with Gasteiger partial charge < -0.3 is 9.67 Å². The number of rotatable bonds is 4. The molecule has 1 rings (SSSR count). The van der Waals surface area contributed by atoms with Gasteiger partial charge in [0.15, 0.2) is 5.16 Å². The summed E-state index contributed by atoms with van der Waals surface area (Å²) < 4.78 is 2.05. The van der Waals surface area contributed by atoms with Crippen LogP contribution in [-0.2, 0) is 16.8 Å². The lowest BCUT2D eigenvalue weighted by Gasteiger charge is -2.27. The van der Waals surface area contributed by atoms with Gasteiger partial charge in [-0.05, 0) is 26.2 Å². The highest BCUT2D eigenvalue weighted by Crippen LogP contribution is 2.28. The van der Waals surface area contributed by atoms with Crippen molar-refractivity contribution in [3.63, 3.8) is 0 Å². The third-order valence-corrected chi connectivity index (χ3v) is 3.30. The molecule has 6 heteroatoms. The van der Waals surface area contributed by atoms with Crippen LogP contribution in [0, 0.1) is 5.41 Å². The Morgan fingerprint density at radius 3 is 2.21 bits per heavy atom. The van der Waals surface area contributed by atoms with Gasteiger partial charge in [0.2, 0.25) is 0 Å². The number of nitrogens with zero attached hydrogens (tertiary/aromatic N) is 3. The van der Waals surface area contributed by atoms with Crippen LogP contribution < -0.4 is 0 Å². The molecule has 0 bridgehead atoms. The zero-order valence-electron chi connectivity index (χ0n) is 12.5. The van der Waals surface area contributed by atoms with E-state index in [2.05, 4.69) is 51.7 Å². The van der Waals surface area contributed by atoms with Gasteiger partial charge in [-0.1, -0.05) is 32.5 Å². The Labute approximate surface area is 118 Å². The molecule has 0 radical (unpaired) electrons. The van der Waals surface area contributed by atoms with Gasteiger partial charge >= 0.3 is 5.97 Å². The minimum Gasteiger partial charge on any atom is -0.481 e. The number of aliphatic carboxylic acids is 1. The molecule has 5 nitrogen and oxygen atoms in total. The van der Waals surface area contributed by atoms with Gasteiger partial charge in [-0.3, -0.25) is 4.79 Å². The summed E-state index contributed by atoms with van der Waals surface area (Å²) in [4.78, 5) is 10.7. The minimum atomic E-state index is -0.842. The van der Waals surface area contributed by atoms with Crippen LogP contribution in [0.2, 0.25) is 0 Å². The van der Waals surface area contributed by atoms with Crippen LogP contribution in [0.3, 0.4) is 0 Å². The van der Waals surface area contributed by atoms with Crippen LogP contribution in [0.5, 0.6) is 0 Å². The van der Waals surface area contributed by atoms with Gasteiger partial charge in [0.25, 0.3) is 0 Å². The maximum atomic E-state index is 10.7. The van der Waals surface area contributed by atoms with Crippen molar-refractivity contribution in [2.24, 2.45) is 5.41 Å². The Bertz CT molecular complexity index is 455. The Morgan fingerprint density at radius 2 is 1.79 bits per heavy atom.